The molecule has 1 aliphatic rings. The lowest BCUT2D eigenvalue weighted by molar-refractivity contribution is -0.155. The third-order valence-corrected chi connectivity index (χ3v) is 8.65. The number of likely N-dealkylation sites (tertiary alicyclic amines) is 1. The normalized spacial score (nSPS) is 19.2. The molecule has 1 fully saturated rings. The zero-order chi connectivity index (χ0) is 30.5. The van der Waals surface area contributed by atoms with Crippen LogP contribution >= 0.6 is 7.60 Å². The molecule has 5 atom stereocenters. The van der Waals surface area contributed by atoms with Crippen LogP contribution in [0.15, 0.2) is 0 Å². The van der Waals surface area contributed by atoms with Gasteiger partial charge in [0.15, 0.2) is 0 Å². The minimum Gasteiger partial charge on any atom is -0.464 e. The van der Waals surface area contributed by atoms with E-state index >= 15 is 0 Å². The summed E-state index contributed by atoms with van der Waals surface area (Å²) >= 11 is 0. The largest absolute Gasteiger partial charge is 0.464 e. The first-order valence-electron chi connectivity index (χ1n) is 14.3. The molecule has 0 aromatic carbocycles. The fraction of sp³-hybridized carbons (Fsp3) is 0.852. The van der Waals surface area contributed by atoms with Crippen LogP contribution in [0.2, 0.25) is 0 Å². The Hall–Kier alpha value is -2.17. The molecular formula is C27H50N3O9P. The van der Waals surface area contributed by atoms with E-state index in [0.29, 0.717) is 38.6 Å². The molecule has 40 heavy (non-hydrogen) atoms. The summed E-state index contributed by atoms with van der Waals surface area (Å²) in [5.41, 5.74) is -0.747. The number of hydrogen-bond donors (Lipinski definition) is 2. The van der Waals surface area contributed by atoms with Gasteiger partial charge in [0.2, 0.25) is 5.91 Å². The molecule has 1 aliphatic heterocycles. The van der Waals surface area contributed by atoms with E-state index in [1.807, 2.05) is 13.8 Å². The van der Waals surface area contributed by atoms with Gasteiger partial charge in [-0.2, -0.15) is 0 Å². The number of carbonyl (C=O) groups excluding carboxylic acids is 4. The number of alkyl carbamates (subject to hydrolysis) is 1. The molecule has 0 saturated carbocycles. The Morgan fingerprint density at radius 1 is 1.02 bits per heavy atom. The molecule has 1 saturated heterocycles. The Bertz CT molecular complexity index is 893. The van der Waals surface area contributed by atoms with E-state index < -0.39 is 61.0 Å². The van der Waals surface area contributed by atoms with Crippen molar-refractivity contribution >= 4 is 31.5 Å². The van der Waals surface area contributed by atoms with Gasteiger partial charge in [-0.25, -0.2) is 9.59 Å². The molecule has 232 valence electrons. The van der Waals surface area contributed by atoms with E-state index in [9.17, 15) is 23.7 Å². The molecule has 12 nitrogen and oxygen atoms in total. The first kappa shape index (κ1) is 35.9. The summed E-state index contributed by atoms with van der Waals surface area (Å²) in [6, 6.07) is -1.66. The number of carbonyl (C=O) groups is 4. The highest BCUT2D eigenvalue weighted by Gasteiger charge is 2.43. The highest BCUT2D eigenvalue weighted by Crippen LogP contribution is 2.54. The molecule has 0 radical (unpaired) electrons. The van der Waals surface area contributed by atoms with Crippen LogP contribution in [0.4, 0.5) is 4.79 Å². The average Bonchev–Trinajstić information content (AvgIpc) is 3.37. The molecule has 0 aromatic rings. The maximum atomic E-state index is 14.0. The van der Waals surface area contributed by atoms with Crippen molar-refractivity contribution < 1.29 is 42.3 Å². The van der Waals surface area contributed by atoms with Crippen LogP contribution in [0.1, 0.15) is 99.8 Å². The molecular weight excluding hydrogens is 541 g/mol. The van der Waals surface area contributed by atoms with Crippen LogP contribution in [0.25, 0.3) is 0 Å². The predicted octanol–water partition coefficient (Wildman–Crippen LogP) is 4.50. The lowest BCUT2D eigenvalue weighted by atomic mass is 10.1. The number of amides is 3. The van der Waals surface area contributed by atoms with Crippen LogP contribution in [0, 0.1) is 0 Å². The molecule has 2 N–H and O–H groups in total. The van der Waals surface area contributed by atoms with Gasteiger partial charge in [0.1, 0.15) is 29.6 Å². The number of rotatable bonds is 16. The number of nitrogens with zero attached hydrogens (tertiary/aromatic N) is 1. The van der Waals surface area contributed by atoms with Crippen molar-refractivity contribution in [2.24, 2.45) is 0 Å². The summed E-state index contributed by atoms with van der Waals surface area (Å²) in [6.45, 7) is 12.8. The number of hydrogen-bond acceptors (Lipinski definition) is 9. The predicted molar refractivity (Wildman–Crippen MR) is 151 cm³/mol. The minimum absolute atomic E-state index is 0.198. The monoisotopic (exact) mass is 591 g/mol. The summed E-state index contributed by atoms with van der Waals surface area (Å²) in [5, 5.41) is 5.37. The molecule has 1 rings (SSSR count). The van der Waals surface area contributed by atoms with Crippen LogP contribution < -0.4 is 10.6 Å². The molecule has 0 aliphatic carbocycles. The van der Waals surface area contributed by atoms with Crippen molar-refractivity contribution in [2.75, 3.05) is 20.3 Å². The average molecular weight is 592 g/mol. The molecule has 2 unspecified atom stereocenters. The molecule has 1 heterocycles. The maximum absolute atomic E-state index is 14.0. The van der Waals surface area contributed by atoms with E-state index in [-0.39, 0.29) is 13.0 Å². The van der Waals surface area contributed by atoms with Crippen molar-refractivity contribution in [3.05, 3.63) is 0 Å². The first-order valence-corrected chi connectivity index (χ1v) is 15.9. The second-order valence-corrected chi connectivity index (χ2v) is 13.2. The van der Waals surface area contributed by atoms with Gasteiger partial charge in [-0.05, 0) is 60.3 Å². The molecule has 3 amide bonds. The van der Waals surface area contributed by atoms with Crippen molar-refractivity contribution in [2.45, 2.75) is 129 Å². The van der Waals surface area contributed by atoms with Crippen LogP contribution in [0.5, 0.6) is 0 Å². The lowest BCUT2D eigenvalue weighted by Crippen LogP contribution is -2.51. The standard InChI is InChI=1S/C27H50N3O9P/c1-9-12-15-20(28-26(34)38-27(5,6)7)23(31)29-22(17-13-10-2)40(35,36-8)39-19(4)24(32)30-18-14-16-21(30)25(33)37-11-3/h19-22H,9-18H2,1-8H3,(H,28,34)(H,29,31)/t19-,20-,21-,22?,40?/m0/s1. The Labute approximate surface area is 239 Å². The smallest absolute Gasteiger partial charge is 0.408 e. The van der Waals surface area contributed by atoms with Crippen molar-refractivity contribution in [3.8, 4) is 0 Å². The lowest BCUT2D eigenvalue weighted by Gasteiger charge is -2.32. The van der Waals surface area contributed by atoms with Crippen LogP contribution in [0.3, 0.4) is 0 Å². The topological polar surface area (TPSA) is 150 Å². The van der Waals surface area contributed by atoms with E-state index in [1.165, 1.54) is 18.9 Å². The van der Waals surface area contributed by atoms with Gasteiger partial charge >= 0.3 is 19.7 Å². The highest BCUT2D eigenvalue weighted by molar-refractivity contribution is 7.54. The van der Waals surface area contributed by atoms with Gasteiger partial charge in [0.05, 0.1) is 6.61 Å². The first-order chi connectivity index (χ1) is 18.7. The number of nitrogens with one attached hydrogen (secondary N) is 2. The minimum atomic E-state index is -4.07. The molecule has 0 bridgehead atoms. The van der Waals surface area contributed by atoms with Gasteiger partial charge in [-0.1, -0.05) is 39.5 Å². The van der Waals surface area contributed by atoms with E-state index in [1.54, 1.807) is 27.7 Å². The Morgan fingerprint density at radius 3 is 2.20 bits per heavy atom. The zero-order valence-electron chi connectivity index (χ0n) is 25.4. The Morgan fingerprint density at radius 2 is 1.65 bits per heavy atom. The summed E-state index contributed by atoms with van der Waals surface area (Å²) < 4.78 is 35.5. The summed E-state index contributed by atoms with van der Waals surface area (Å²) in [4.78, 5) is 52.7. The van der Waals surface area contributed by atoms with Gasteiger partial charge in [-0.3, -0.25) is 18.7 Å². The molecule has 0 aromatic heterocycles. The van der Waals surface area contributed by atoms with Crippen molar-refractivity contribution in [1.29, 1.82) is 0 Å². The SMILES string of the molecule is CCCCC(NC(=O)[C@H](CCCC)NC(=O)OC(C)(C)C)P(=O)(OC)O[C@@H](C)C(=O)N1CCC[C@H]1C(=O)OCC. The second-order valence-electron chi connectivity index (χ2n) is 10.9. The highest BCUT2D eigenvalue weighted by atomic mass is 31.2. The summed E-state index contributed by atoms with van der Waals surface area (Å²) in [5.74, 6) is -2.62. The van der Waals surface area contributed by atoms with E-state index in [2.05, 4.69) is 10.6 Å². The van der Waals surface area contributed by atoms with E-state index in [4.69, 9.17) is 18.5 Å². The third-order valence-electron chi connectivity index (χ3n) is 6.38. The molecule has 13 heteroatoms. The maximum Gasteiger partial charge on any atom is 0.408 e. The number of esters is 1. The molecule has 0 spiro atoms. The van der Waals surface area contributed by atoms with Crippen LogP contribution in [-0.2, 0) is 37.5 Å². The Balaban J connectivity index is 3.11. The van der Waals surface area contributed by atoms with Gasteiger partial charge in [0.25, 0.3) is 5.91 Å². The van der Waals surface area contributed by atoms with Gasteiger partial charge < -0.3 is 29.5 Å². The van der Waals surface area contributed by atoms with Crippen molar-refractivity contribution in [3.63, 3.8) is 0 Å². The summed E-state index contributed by atoms with van der Waals surface area (Å²) in [7, 11) is -2.87. The van der Waals surface area contributed by atoms with E-state index in [0.717, 1.165) is 12.8 Å². The second kappa shape index (κ2) is 16.9. The third kappa shape index (κ3) is 11.4. The van der Waals surface area contributed by atoms with Gasteiger partial charge in [0, 0.05) is 13.7 Å². The van der Waals surface area contributed by atoms with Crippen molar-refractivity contribution in [1.82, 2.24) is 15.5 Å². The van der Waals surface area contributed by atoms with Crippen LogP contribution in [-0.4, -0.2) is 78.6 Å². The quantitative estimate of drug-likeness (QED) is 0.195. The Kier molecular flexibility index (Phi) is 15.2. The number of ether oxygens (including phenoxy) is 2. The van der Waals surface area contributed by atoms with Gasteiger partial charge in [-0.15, -0.1) is 0 Å². The summed E-state index contributed by atoms with van der Waals surface area (Å²) in [6.07, 6.45) is 2.56. The zero-order valence-corrected chi connectivity index (χ0v) is 26.3. The number of unbranched alkanes of at least 4 members (excludes halogenated alkanes) is 2. The fourth-order valence-electron chi connectivity index (χ4n) is 4.36. The fourth-order valence-corrected chi connectivity index (χ4v) is 6.16.